The molecule has 0 spiro atoms. The number of ether oxygens (including phenoxy) is 1. The number of piperidine rings is 1. The molecule has 170 valence electrons. The average Bonchev–Trinajstić information content (AvgIpc) is 2.85. The number of rotatable bonds is 6. The molecule has 0 aromatic heterocycles. The first-order valence-electron chi connectivity index (χ1n) is 11.3. The van der Waals surface area contributed by atoms with Crippen molar-refractivity contribution < 1.29 is 19.4 Å². The van der Waals surface area contributed by atoms with Gasteiger partial charge in [0, 0.05) is 57.2 Å². The first kappa shape index (κ1) is 22.1. The zero-order valence-electron chi connectivity index (χ0n) is 18.6. The van der Waals surface area contributed by atoms with Crippen LogP contribution in [-0.2, 0) is 4.74 Å². The number of esters is 1. The normalized spacial score (nSPS) is 17.9. The third-order valence-corrected chi connectivity index (χ3v) is 6.64. The highest BCUT2D eigenvalue weighted by Gasteiger charge is 2.24. The standard InChI is InChI=1S/C25H31N3O4/c1-32-25(31)21-4-8-23(9-5-21)28-16-14-26(15-17-28)18-19-10-12-27(13-11-19)22-6-2-20(3-7-22)24(29)30/h2-9,19H,10-18H2,1H3,(H,29,30). The number of benzene rings is 2. The highest BCUT2D eigenvalue weighted by Crippen LogP contribution is 2.25. The molecule has 4 rings (SSSR count). The van der Waals surface area contributed by atoms with Crippen molar-refractivity contribution in [1.29, 1.82) is 0 Å². The molecule has 2 aliphatic rings. The Morgan fingerprint density at radius 1 is 0.812 bits per heavy atom. The quantitative estimate of drug-likeness (QED) is 0.696. The summed E-state index contributed by atoms with van der Waals surface area (Å²) in [6, 6.07) is 14.9. The molecule has 0 radical (unpaired) electrons. The molecule has 0 atom stereocenters. The van der Waals surface area contributed by atoms with Crippen LogP contribution in [0, 0.1) is 5.92 Å². The molecular formula is C25H31N3O4. The lowest BCUT2D eigenvalue weighted by molar-refractivity contribution is 0.0600. The van der Waals surface area contributed by atoms with E-state index in [0.717, 1.165) is 70.0 Å². The molecule has 0 amide bonds. The summed E-state index contributed by atoms with van der Waals surface area (Å²) in [6.07, 6.45) is 2.33. The van der Waals surface area contributed by atoms with Gasteiger partial charge in [-0.15, -0.1) is 0 Å². The molecule has 2 fully saturated rings. The number of anilines is 2. The molecule has 0 unspecified atom stereocenters. The van der Waals surface area contributed by atoms with Gasteiger partial charge in [0.2, 0.25) is 0 Å². The minimum atomic E-state index is -0.881. The van der Waals surface area contributed by atoms with Crippen LogP contribution in [0.25, 0.3) is 0 Å². The second kappa shape index (κ2) is 10.0. The van der Waals surface area contributed by atoms with Crippen molar-refractivity contribution in [3.8, 4) is 0 Å². The molecule has 7 heteroatoms. The lowest BCUT2D eigenvalue weighted by Crippen LogP contribution is -2.49. The van der Waals surface area contributed by atoms with Gasteiger partial charge in [0.05, 0.1) is 18.2 Å². The molecule has 2 aromatic carbocycles. The Bertz CT molecular complexity index is 913. The average molecular weight is 438 g/mol. The van der Waals surface area contributed by atoms with Crippen molar-refractivity contribution in [2.75, 3.05) is 62.7 Å². The molecule has 32 heavy (non-hydrogen) atoms. The number of hydrogen-bond acceptors (Lipinski definition) is 6. The Morgan fingerprint density at radius 2 is 1.31 bits per heavy atom. The maximum Gasteiger partial charge on any atom is 0.337 e. The van der Waals surface area contributed by atoms with Crippen LogP contribution in [0.4, 0.5) is 11.4 Å². The molecule has 0 saturated carbocycles. The minimum absolute atomic E-state index is 0.301. The number of nitrogens with zero attached hydrogens (tertiary/aromatic N) is 3. The first-order valence-corrected chi connectivity index (χ1v) is 11.3. The lowest BCUT2D eigenvalue weighted by Gasteiger charge is -2.40. The molecule has 2 heterocycles. The van der Waals surface area contributed by atoms with E-state index in [-0.39, 0.29) is 5.97 Å². The van der Waals surface area contributed by atoms with Gasteiger partial charge in [0.25, 0.3) is 0 Å². The van der Waals surface area contributed by atoms with Gasteiger partial charge in [-0.2, -0.15) is 0 Å². The van der Waals surface area contributed by atoms with Crippen LogP contribution in [0.5, 0.6) is 0 Å². The monoisotopic (exact) mass is 437 g/mol. The number of carbonyl (C=O) groups excluding carboxylic acids is 1. The van der Waals surface area contributed by atoms with Gasteiger partial charge in [-0.3, -0.25) is 4.90 Å². The molecule has 7 nitrogen and oxygen atoms in total. The molecular weight excluding hydrogens is 406 g/mol. The Balaban J connectivity index is 1.21. The largest absolute Gasteiger partial charge is 0.478 e. The second-order valence-electron chi connectivity index (χ2n) is 8.61. The van der Waals surface area contributed by atoms with Crippen molar-refractivity contribution in [3.63, 3.8) is 0 Å². The number of hydrogen-bond donors (Lipinski definition) is 1. The number of aromatic carboxylic acids is 1. The van der Waals surface area contributed by atoms with Crippen LogP contribution in [0.15, 0.2) is 48.5 Å². The smallest absolute Gasteiger partial charge is 0.337 e. The summed E-state index contributed by atoms with van der Waals surface area (Å²) in [4.78, 5) is 29.9. The van der Waals surface area contributed by atoms with Crippen LogP contribution in [0.3, 0.4) is 0 Å². The summed E-state index contributed by atoms with van der Waals surface area (Å²) in [6.45, 7) is 7.26. The van der Waals surface area contributed by atoms with Crippen LogP contribution >= 0.6 is 0 Å². The van der Waals surface area contributed by atoms with Gasteiger partial charge in [-0.25, -0.2) is 9.59 Å². The zero-order valence-corrected chi connectivity index (χ0v) is 18.6. The van der Waals surface area contributed by atoms with E-state index < -0.39 is 5.97 Å². The van der Waals surface area contributed by atoms with E-state index in [1.165, 1.54) is 7.11 Å². The van der Waals surface area contributed by atoms with Crippen molar-refractivity contribution in [1.82, 2.24) is 4.90 Å². The number of carboxylic acid groups (broad SMARTS) is 1. The van der Waals surface area contributed by atoms with E-state index in [9.17, 15) is 9.59 Å². The van der Waals surface area contributed by atoms with E-state index in [1.54, 1.807) is 12.1 Å². The highest BCUT2D eigenvalue weighted by atomic mass is 16.5. The van der Waals surface area contributed by atoms with E-state index in [0.29, 0.717) is 17.0 Å². The fourth-order valence-electron chi connectivity index (χ4n) is 4.67. The van der Waals surface area contributed by atoms with Gasteiger partial charge in [-0.05, 0) is 67.3 Å². The highest BCUT2D eigenvalue weighted by molar-refractivity contribution is 5.89. The zero-order chi connectivity index (χ0) is 22.5. The van der Waals surface area contributed by atoms with Gasteiger partial charge in [0.15, 0.2) is 0 Å². The number of methoxy groups -OCH3 is 1. The predicted octanol–water partition coefficient (Wildman–Crippen LogP) is 3.21. The van der Waals surface area contributed by atoms with Crippen LogP contribution in [0.2, 0.25) is 0 Å². The summed E-state index contributed by atoms with van der Waals surface area (Å²) in [7, 11) is 1.40. The molecule has 2 saturated heterocycles. The van der Waals surface area contributed by atoms with Crippen LogP contribution in [-0.4, -0.2) is 74.9 Å². The Labute approximate surface area is 189 Å². The lowest BCUT2D eigenvalue weighted by atomic mass is 9.95. The van der Waals surface area contributed by atoms with E-state index >= 15 is 0 Å². The van der Waals surface area contributed by atoms with E-state index in [1.807, 2.05) is 36.4 Å². The first-order chi connectivity index (χ1) is 15.5. The van der Waals surface area contributed by atoms with Gasteiger partial charge in [0.1, 0.15) is 0 Å². The van der Waals surface area contributed by atoms with E-state index in [2.05, 4.69) is 14.7 Å². The molecule has 2 aliphatic heterocycles. The number of carboxylic acids is 1. The van der Waals surface area contributed by atoms with Crippen LogP contribution in [0.1, 0.15) is 33.6 Å². The molecule has 2 aromatic rings. The Hall–Kier alpha value is -3.06. The Morgan fingerprint density at radius 3 is 1.81 bits per heavy atom. The van der Waals surface area contributed by atoms with Crippen molar-refractivity contribution in [2.24, 2.45) is 5.92 Å². The fraction of sp³-hybridized carbons (Fsp3) is 0.440. The molecule has 1 N–H and O–H groups in total. The van der Waals surface area contributed by atoms with Gasteiger partial charge < -0.3 is 19.6 Å². The topological polar surface area (TPSA) is 73.3 Å². The summed E-state index contributed by atoms with van der Waals surface area (Å²) in [5.41, 5.74) is 3.18. The fourth-order valence-corrected chi connectivity index (χ4v) is 4.67. The number of piperazine rings is 1. The predicted molar refractivity (Wildman–Crippen MR) is 125 cm³/mol. The van der Waals surface area contributed by atoms with Gasteiger partial charge in [-0.1, -0.05) is 0 Å². The minimum Gasteiger partial charge on any atom is -0.478 e. The second-order valence-corrected chi connectivity index (χ2v) is 8.61. The maximum atomic E-state index is 11.6. The van der Waals surface area contributed by atoms with Crippen LogP contribution < -0.4 is 9.80 Å². The molecule has 0 bridgehead atoms. The van der Waals surface area contributed by atoms with Gasteiger partial charge >= 0.3 is 11.9 Å². The summed E-state index contributed by atoms with van der Waals surface area (Å²) < 4.78 is 4.77. The number of carbonyl (C=O) groups is 2. The summed E-state index contributed by atoms with van der Waals surface area (Å²) >= 11 is 0. The summed E-state index contributed by atoms with van der Waals surface area (Å²) in [5, 5.41) is 9.06. The third kappa shape index (κ3) is 5.22. The van der Waals surface area contributed by atoms with Crippen molar-refractivity contribution >= 4 is 23.3 Å². The Kier molecular flexibility index (Phi) is 6.95. The molecule has 0 aliphatic carbocycles. The third-order valence-electron chi connectivity index (χ3n) is 6.64. The summed E-state index contributed by atoms with van der Waals surface area (Å²) in [5.74, 6) is -0.478. The SMILES string of the molecule is COC(=O)c1ccc(N2CCN(CC3CCN(c4ccc(C(=O)O)cc4)CC3)CC2)cc1. The maximum absolute atomic E-state index is 11.6. The van der Waals surface area contributed by atoms with Crippen molar-refractivity contribution in [3.05, 3.63) is 59.7 Å². The van der Waals surface area contributed by atoms with Crippen molar-refractivity contribution in [2.45, 2.75) is 12.8 Å². The van der Waals surface area contributed by atoms with E-state index in [4.69, 9.17) is 9.84 Å².